The van der Waals surface area contributed by atoms with E-state index in [-0.39, 0.29) is 4.90 Å². The molecule has 0 unspecified atom stereocenters. The number of hydrogen-bond donors (Lipinski definition) is 2. The number of nitrogens with zero attached hydrogens (tertiary/aromatic N) is 3. The van der Waals surface area contributed by atoms with Gasteiger partial charge in [-0.25, -0.2) is 8.42 Å². The Morgan fingerprint density at radius 1 is 1.10 bits per heavy atom. The molecule has 164 valence electrons. The monoisotopic (exact) mass is 433 g/mol. The Morgan fingerprint density at radius 2 is 1.77 bits per heavy atom. The summed E-state index contributed by atoms with van der Waals surface area (Å²) >= 11 is 0. The summed E-state index contributed by atoms with van der Waals surface area (Å²) in [6, 6.07) is 8.14. The summed E-state index contributed by atoms with van der Waals surface area (Å²) in [7, 11) is -3.49. The Labute approximate surface area is 178 Å². The lowest BCUT2D eigenvalue weighted by Gasteiger charge is -2.21. The van der Waals surface area contributed by atoms with Gasteiger partial charge in [0.25, 0.3) is 0 Å². The fourth-order valence-electron chi connectivity index (χ4n) is 3.68. The number of anilines is 3. The number of aromatic nitrogens is 2. The van der Waals surface area contributed by atoms with Crippen molar-refractivity contribution in [2.24, 2.45) is 5.92 Å². The number of nitrogen functional groups attached to an aromatic ring is 1. The first-order chi connectivity index (χ1) is 14.4. The van der Waals surface area contributed by atoms with Crippen molar-refractivity contribution >= 4 is 27.5 Å². The predicted octanol–water partition coefficient (Wildman–Crippen LogP) is 3.79. The lowest BCUT2D eigenvalue weighted by atomic mass is 9.90. The molecular weight excluding hydrogens is 402 g/mol. The van der Waals surface area contributed by atoms with Gasteiger partial charge in [0.05, 0.1) is 11.5 Å². The first-order valence-corrected chi connectivity index (χ1v) is 12.0. The Bertz CT molecular complexity index is 924. The van der Waals surface area contributed by atoms with Gasteiger partial charge in [0.2, 0.25) is 21.9 Å². The molecule has 0 saturated heterocycles. The molecule has 0 aliphatic heterocycles. The summed E-state index contributed by atoms with van der Waals surface area (Å²) in [5.41, 5.74) is 6.58. The summed E-state index contributed by atoms with van der Waals surface area (Å²) in [6.07, 6.45) is 6.20. The average Bonchev–Trinajstić information content (AvgIpc) is 2.74. The maximum atomic E-state index is 12.6. The van der Waals surface area contributed by atoms with E-state index in [1.54, 1.807) is 30.3 Å². The van der Waals surface area contributed by atoms with Gasteiger partial charge in [-0.05, 0) is 43.0 Å². The Balaban J connectivity index is 1.67. The second kappa shape index (κ2) is 10.1. The van der Waals surface area contributed by atoms with Crippen molar-refractivity contribution in [2.45, 2.75) is 50.8 Å². The van der Waals surface area contributed by atoms with Crippen molar-refractivity contribution in [2.75, 3.05) is 30.7 Å². The molecular formula is C21H31N5O3S. The molecule has 1 aliphatic carbocycles. The molecule has 1 aliphatic rings. The van der Waals surface area contributed by atoms with Crippen molar-refractivity contribution in [3.63, 3.8) is 0 Å². The zero-order valence-electron chi connectivity index (χ0n) is 17.7. The van der Waals surface area contributed by atoms with Crippen LogP contribution in [0.25, 0.3) is 0 Å². The Kier molecular flexibility index (Phi) is 7.49. The van der Waals surface area contributed by atoms with E-state index in [4.69, 9.17) is 10.5 Å². The summed E-state index contributed by atoms with van der Waals surface area (Å²) in [5.74, 6) is 1.63. The van der Waals surface area contributed by atoms with Crippen LogP contribution in [-0.4, -0.2) is 42.4 Å². The SMILES string of the molecule is CCN(CC)S(=O)(=O)c1ccc(Nc2nc(N)cc(OCC3CCCCC3)n2)cc1. The number of sulfonamides is 1. The van der Waals surface area contributed by atoms with Crippen molar-refractivity contribution in [1.82, 2.24) is 14.3 Å². The first kappa shape index (κ1) is 22.3. The van der Waals surface area contributed by atoms with Crippen LogP contribution in [0.5, 0.6) is 5.88 Å². The largest absolute Gasteiger partial charge is 0.477 e. The van der Waals surface area contributed by atoms with Crippen molar-refractivity contribution in [3.8, 4) is 5.88 Å². The Morgan fingerprint density at radius 3 is 2.40 bits per heavy atom. The molecule has 30 heavy (non-hydrogen) atoms. The van der Waals surface area contributed by atoms with Crippen LogP contribution in [0.2, 0.25) is 0 Å². The lowest BCUT2D eigenvalue weighted by molar-refractivity contribution is 0.203. The van der Waals surface area contributed by atoms with E-state index in [0.29, 0.717) is 48.9 Å². The minimum atomic E-state index is -3.49. The van der Waals surface area contributed by atoms with Gasteiger partial charge < -0.3 is 15.8 Å². The number of rotatable bonds is 9. The summed E-state index contributed by atoms with van der Waals surface area (Å²) < 4.78 is 32.5. The molecule has 9 heteroatoms. The van der Waals surface area contributed by atoms with Crippen molar-refractivity contribution in [1.29, 1.82) is 0 Å². The standard InChI is InChI=1S/C21H31N5O3S/c1-3-26(4-2)30(27,28)18-12-10-17(11-13-18)23-21-24-19(22)14-20(25-21)29-15-16-8-6-5-7-9-16/h10-14,16H,3-9,15H2,1-2H3,(H3,22,23,24,25). The highest BCUT2D eigenvalue weighted by molar-refractivity contribution is 7.89. The number of ether oxygens (including phenoxy) is 1. The third-order valence-electron chi connectivity index (χ3n) is 5.37. The van der Waals surface area contributed by atoms with E-state index < -0.39 is 10.0 Å². The van der Waals surface area contributed by atoms with Crippen LogP contribution in [0.3, 0.4) is 0 Å². The molecule has 3 N–H and O–H groups in total. The maximum absolute atomic E-state index is 12.6. The highest BCUT2D eigenvalue weighted by Gasteiger charge is 2.21. The molecule has 1 aromatic heterocycles. The van der Waals surface area contributed by atoms with Crippen LogP contribution in [0, 0.1) is 5.92 Å². The van der Waals surface area contributed by atoms with Crippen molar-refractivity contribution < 1.29 is 13.2 Å². The second-order valence-electron chi connectivity index (χ2n) is 7.51. The van der Waals surface area contributed by atoms with Gasteiger partial charge in [0.1, 0.15) is 5.82 Å². The van der Waals surface area contributed by atoms with Gasteiger partial charge in [-0.3, -0.25) is 0 Å². The zero-order valence-corrected chi connectivity index (χ0v) is 18.5. The van der Waals surface area contributed by atoms with Crippen LogP contribution in [0.15, 0.2) is 35.2 Å². The third-order valence-corrected chi connectivity index (χ3v) is 7.43. The molecule has 0 atom stereocenters. The molecule has 1 aromatic carbocycles. The molecule has 1 heterocycles. The van der Waals surface area contributed by atoms with E-state index in [9.17, 15) is 8.42 Å². The maximum Gasteiger partial charge on any atom is 0.243 e. The van der Waals surface area contributed by atoms with Crippen LogP contribution in [0.1, 0.15) is 46.0 Å². The van der Waals surface area contributed by atoms with Crippen LogP contribution >= 0.6 is 0 Å². The molecule has 0 spiro atoms. The topological polar surface area (TPSA) is 110 Å². The van der Waals surface area contributed by atoms with E-state index in [2.05, 4.69) is 15.3 Å². The molecule has 3 rings (SSSR count). The summed E-state index contributed by atoms with van der Waals surface area (Å²) in [4.78, 5) is 8.84. The van der Waals surface area contributed by atoms with Crippen molar-refractivity contribution in [3.05, 3.63) is 30.3 Å². The van der Waals surface area contributed by atoms with E-state index in [1.165, 1.54) is 36.4 Å². The van der Waals surface area contributed by atoms with E-state index in [1.807, 2.05) is 13.8 Å². The smallest absolute Gasteiger partial charge is 0.243 e. The van der Waals surface area contributed by atoms with Gasteiger partial charge in [-0.2, -0.15) is 14.3 Å². The van der Waals surface area contributed by atoms with E-state index >= 15 is 0 Å². The van der Waals surface area contributed by atoms with Gasteiger partial charge in [0, 0.05) is 24.8 Å². The average molecular weight is 434 g/mol. The number of nitrogens with two attached hydrogens (primary N) is 1. The van der Waals surface area contributed by atoms with Crippen LogP contribution in [0.4, 0.5) is 17.5 Å². The number of hydrogen-bond acceptors (Lipinski definition) is 7. The summed E-state index contributed by atoms with van der Waals surface area (Å²) in [5, 5.41) is 3.07. The van der Waals surface area contributed by atoms with Crippen LogP contribution < -0.4 is 15.8 Å². The molecule has 1 saturated carbocycles. The van der Waals surface area contributed by atoms with Crippen LogP contribution in [-0.2, 0) is 10.0 Å². The fourth-order valence-corrected chi connectivity index (χ4v) is 5.14. The quantitative estimate of drug-likeness (QED) is 0.619. The highest BCUT2D eigenvalue weighted by atomic mass is 32.2. The predicted molar refractivity (Wildman–Crippen MR) is 118 cm³/mol. The molecule has 2 aromatic rings. The lowest BCUT2D eigenvalue weighted by Crippen LogP contribution is -2.30. The summed E-state index contributed by atoms with van der Waals surface area (Å²) in [6.45, 7) is 5.14. The first-order valence-electron chi connectivity index (χ1n) is 10.6. The minimum Gasteiger partial charge on any atom is -0.477 e. The van der Waals surface area contributed by atoms with Gasteiger partial charge in [0.15, 0.2) is 0 Å². The molecule has 0 amide bonds. The van der Waals surface area contributed by atoms with E-state index in [0.717, 1.165) is 0 Å². The molecule has 0 bridgehead atoms. The van der Waals surface area contributed by atoms with Gasteiger partial charge >= 0.3 is 0 Å². The minimum absolute atomic E-state index is 0.252. The Hall–Kier alpha value is -2.39. The number of benzene rings is 1. The molecule has 1 fully saturated rings. The molecule has 8 nitrogen and oxygen atoms in total. The van der Waals surface area contributed by atoms with Gasteiger partial charge in [-0.1, -0.05) is 33.1 Å². The fraction of sp³-hybridized carbons (Fsp3) is 0.524. The zero-order chi connectivity index (χ0) is 21.6. The second-order valence-corrected chi connectivity index (χ2v) is 9.45. The normalized spacial score (nSPS) is 15.3. The molecule has 0 radical (unpaired) electrons. The number of nitrogens with one attached hydrogen (secondary N) is 1. The third kappa shape index (κ3) is 5.60. The van der Waals surface area contributed by atoms with Gasteiger partial charge in [-0.15, -0.1) is 0 Å². The highest BCUT2D eigenvalue weighted by Crippen LogP contribution is 2.25.